The van der Waals surface area contributed by atoms with E-state index in [-0.39, 0.29) is 0 Å². The highest BCUT2D eigenvalue weighted by Crippen LogP contribution is 2.22. The molecule has 1 unspecified atom stereocenters. The van der Waals surface area contributed by atoms with E-state index in [2.05, 4.69) is 10.1 Å². The van der Waals surface area contributed by atoms with Gasteiger partial charge in [-0.25, -0.2) is 9.66 Å². The van der Waals surface area contributed by atoms with Crippen LogP contribution in [0.15, 0.2) is 23.5 Å². The van der Waals surface area contributed by atoms with E-state index < -0.39 is 5.31 Å². The Hall–Kier alpha value is -1.32. The van der Waals surface area contributed by atoms with Crippen LogP contribution in [-0.4, -0.2) is 23.7 Å². The molecular formula is C13H22BN3. The number of hydrogen-bond donors (Lipinski definition) is 0. The van der Waals surface area contributed by atoms with Gasteiger partial charge in [-0.1, -0.05) is 40.7 Å². The molecule has 1 aromatic heterocycles. The number of aryl methyl sites for hydroxylation is 1. The number of fused-ring (bicyclic) bond motifs is 1. The smallest absolute Gasteiger partial charge is 0.130 e. The number of hydrogen-bond acceptors (Lipinski definition) is 2. The van der Waals surface area contributed by atoms with Crippen molar-refractivity contribution in [3.8, 4) is 0 Å². The Morgan fingerprint density at radius 1 is 1.24 bits per heavy atom. The molecule has 0 N–H and O–H groups in total. The molecule has 1 aliphatic heterocycles. The molecule has 0 aliphatic carbocycles. The van der Waals surface area contributed by atoms with E-state index in [1.807, 2.05) is 59.9 Å². The van der Waals surface area contributed by atoms with Gasteiger partial charge in [0.2, 0.25) is 0 Å². The van der Waals surface area contributed by atoms with Gasteiger partial charge in [0.1, 0.15) is 5.82 Å². The van der Waals surface area contributed by atoms with Crippen LogP contribution < -0.4 is 0 Å². The van der Waals surface area contributed by atoms with Crippen molar-refractivity contribution in [2.45, 2.75) is 46.9 Å². The van der Waals surface area contributed by atoms with Crippen molar-refractivity contribution in [2.75, 3.05) is 0 Å². The highest BCUT2D eigenvalue weighted by Gasteiger charge is 2.23. The largest absolute Gasteiger partial charge is 0.237 e. The number of nitrogens with zero attached hydrogens (tertiary/aromatic N) is 3. The molecule has 0 saturated heterocycles. The minimum Gasteiger partial charge on any atom is -0.237 e. The van der Waals surface area contributed by atoms with E-state index in [9.17, 15) is 0 Å². The van der Waals surface area contributed by atoms with Gasteiger partial charge in [0.15, 0.2) is 0 Å². The standard InChI is InChI=1S/C9H10BN3.2C2H6/c1-7-6-13-8(12-7)9(2,10)4-3-5-11-13;2*1-2/h3-6H,1-2H3;2*1-2H3. The molecule has 0 saturated carbocycles. The highest BCUT2D eigenvalue weighted by molar-refractivity contribution is 6.17. The van der Waals surface area contributed by atoms with Crippen LogP contribution >= 0.6 is 0 Å². The van der Waals surface area contributed by atoms with Crippen molar-refractivity contribution in [3.05, 3.63) is 29.9 Å². The minimum atomic E-state index is -0.537. The Bertz CT molecular complexity index is 389. The molecule has 0 bridgehead atoms. The summed E-state index contributed by atoms with van der Waals surface area (Å²) < 4.78 is 1.72. The molecule has 3 nitrogen and oxygen atoms in total. The van der Waals surface area contributed by atoms with E-state index in [1.165, 1.54) is 0 Å². The summed E-state index contributed by atoms with van der Waals surface area (Å²) in [6.07, 6.45) is 7.30. The molecule has 1 aliphatic rings. The fourth-order valence-corrected chi connectivity index (χ4v) is 1.37. The van der Waals surface area contributed by atoms with Gasteiger partial charge in [0.25, 0.3) is 0 Å². The van der Waals surface area contributed by atoms with E-state index in [1.54, 1.807) is 10.9 Å². The van der Waals surface area contributed by atoms with Crippen molar-refractivity contribution < 1.29 is 0 Å². The molecule has 2 heterocycles. The monoisotopic (exact) mass is 231 g/mol. The van der Waals surface area contributed by atoms with Crippen LogP contribution in [0, 0.1) is 6.92 Å². The summed E-state index contributed by atoms with van der Waals surface area (Å²) in [7, 11) is 6.05. The third-order valence-corrected chi connectivity index (χ3v) is 2.01. The number of aromatic nitrogens is 2. The Morgan fingerprint density at radius 3 is 2.41 bits per heavy atom. The van der Waals surface area contributed by atoms with Gasteiger partial charge >= 0.3 is 0 Å². The zero-order chi connectivity index (χ0) is 13.5. The summed E-state index contributed by atoms with van der Waals surface area (Å²) in [6.45, 7) is 11.8. The fourth-order valence-electron chi connectivity index (χ4n) is 1.37. The molecule has 1 atom stereocenters. The number of imidazole rings is 1. The van der Waals surface area contributed by atoms with E-state index >= 15 is 0 Å². The van der Waals surface area contributed by atoms with Gasteiger partial charge in [-0.3, -0.25) is 0 Å². The van der Waals surface area contributed by atoms with Gasteiger partial charge in [-0.15, -0.1) is 0 Å². The SMILES string of the molecule is CC.CC.[B]C1(C)C=CC=Nn2cc(C)nc21. The van der Waals surface area contributed by atoms with Crippen molar-refractivity contribution >= 4 is 14.1 Å². The molecule has 0 aromatic carbocycles. The van der Waals surface area contributed by atoms with Crippen LogP contribution in [0.1, 0.15) is 46.1 Å². The average Bonchev–Trinajstić information content (AvgIpc) is 2.66. The minimum absolute atomic E-state index is 0.537. The highest BCUT2D eigenvalue weighted by atomic mass is 15.4. The lowest BCUT2D eigenvalue weighted by Gasteiger charge is -2.17. The third kappa shape index (κ3) is 3.88. The molecule has 2 rings (SSSR count). The van der Waals surface area contributed by atoms with Gasteiger partial charge in [-0.05, 0) is 13.0 Å². The van der Waals surface area contributed by atoms with Gasteiger partial charge < -0.3 is 0 Å². The maximum Gasteiger partial charge on any atom is 0.130 e. The summed E-state index contributed by atoms with van der Waals surface area (Å²) in [5.41, 5.74) is 0.930. The zero-order valence-corrected chi connectivity index (χ0v) is 11.7. The average molecular weight is 231 g/mol. The van der Waals surface area contributed by atoms with Crippen molar-refractivity contribution in [1.29, 1.82) is 0 Å². The van der Waals surface area contributed by atoms with Crippen LogP contribution in [0.25, 0.3) is 0 Å². The van der Waals surface area contributed by atoms with Crippen LogP contribution in [0.2, 0.25) is 0 Å². The summed E-state index contributed by atoms with van der Waals surface area (Å²) >= 11 is 0. The summed E-state index contributed by atoms with van der Waals surface area (Å²) in [5.74, 6) is 0.773. The van der Waals surface area contributed by atoms with Gasteiger partial charge in [-0.2, -0.15) is 5.10 Å². The van der Waals surface area contributed by atoms with E-state index in [0.29, 0.717) is 0 Å². The second-order valence-electron chi connectivity index (χ2n) is 3.46. The molecule has 0 fully saturated rings. The molecule has 4 heteroatoms. The topological polar surface area (TPSA) is 30.2 Å². The van der Waals surface area contributed by atoms with Gasteiger partial charge in [0.05, 0.1) is 19.7 Å². The maximum absolute atomic E-state index is 6.05. The number of allylic oxidation sites excluding steroid dienone is 2. The van der Waals surface area contributed by atoms with Crippen molar-refractivity contribution in [3.63, 3.8) is 0 Å². The first-order chi connectivity index (χ1) is 8.09. The molecule has 0 spiro atoms. The normalized spacial score (nSPS) is 20.4. The number of rotatable bonds is 0. The molecule has 1 aromatic rings. The molecule has 92 valence electrons. The first-order valence-corrected chi connectivity index (χ1v) is 6.17. The fraction of sp³-hybridized carbons (Fsp3) is 0.538. The van der Waals surface area contributed by atoms with Crippen LogP contribution in [-0.2, 0) is 5.31 Å². The lowest BCUT2D eigenvalue weighted by atomic mass is 9.70. The third-order valence-electron chi connectivity index (χ3n) is 2.01. The van der Waals surface area contributed by atoms with Crippen LogP contribution in [0.4, 0.5) is 0 Å². The Labute approximate surface area is 106 Å². The van der Waals surface area contributed by atoms with Crippen LogP contribution in [0.3, 0.4) is 0 Å². The van der Waals surface area contributed by atoms with Crippen molar-refractivity contribution in [2.24, 2.45) is 5.10 Å². The predicted molar refractivity (Wildman–Crippen MR) is 75.8 cm³/mol. The van der Waals surface area contributed by atoms with E-state index in [0.717, 1.165) is 11.5 Å². The molecule has 0 amide bonds. The lowest BCUT2D eigenvalue weighted by molar-refractivity contribution is 0.698. The first-order valence-electron chi connectivity index (χ1n) is 6.17. The quantitative estimate of drug-likeness (QED) is 0.631. The predicted octanol–water partition coefficient (Wildman–Crippen LogP) is 3.03. The molecule has 17 heavy (non-hydrogen) atoms. The Balaban J connectivity index is 0.000000581. The Morgan fingerprint density at radius 2 is 1.82 bits per heavy atom. The second kappa shape index (κ2) is 7.10. The summed E-state index contributed by atoms with van der Waals surface area (Å²) in [5, 5.41) is 3.63. The van der Waals surface area contributed by atoms with Crippen molar-refractivity contribution in [1.82, 2.24) is 9.66 Å². The second-order valence-corrected chi connectivity index (χ2v) is 3.46. The maximum atomic E-state index is 6.05. The first kappa shape index (κ1) is 15.7. The molecule has 2 radical (unpaired) electrons. The Kier molecular flexibility index (Phi) is 6.55. The summed E-state index contributed by atoms with van der Waals surface area (Å²) in [6, 6.07) is 0. The van der Waals surface area contributed by atoms with Gasteiger partial charge in [0, 0.05) is 11.5 Å². The lowest BCUT2D eigenvalue weighted by Crippen LogP contribution is -2.22. The zero-order valence-electron chi connectivity index (χ0n) is 11.7. The van der Waals surface area contributed by atoms with E-state index in [4.69, 9.17) is 7.85 Å². The van der Waals surface area contributed by atoms with Crippen LogP contribution in [0.5, 0.6) is 0 Å². The molecular weight excluding hydrogens is 209 g/mol. The summed E-state index contributed by atoms with van der Waals surface area (Å²) in [4.78, 5) is 4.34.